The van der Waals surface area contributed by atoms with Gasteiger partial charge in [0.2, 0.25) is 0 Å². The molecule has 0 aliphatic rings. The van der Waals surface area contributed by atoms with E-state index in [4.69, 9.17) is 5.73 Å². The molecule has 0 spiro atoms. The van der Waals surface area contributed by atoms with Crippen LogP contribution < -0.4 is 5.73 Å². The van der Waals surface area contributed by atoms with Crippen molar-refractivity contribution < 1.29 is 0 Å². The minimum Gasteiger partial charge on any atom is -0.324 e. The summed E-state index contributed by atoms with van der Waals surface area (Å²) in [6.45, 7) is 5.87. The first kappa shape index (κ1) is 10.7. The Hall–Kier alpha value is -0.350. The zero-order chi connectivity index (χ0) is 9.84. The largest absolute Gasteiger partial charge is 0.324 e. The van der Waals surface area contributed by atoms with Gasteiger partial charge < -0.3 is 5.73 Å². The van der Waals surface area contributed by atoms with E-state index >= 15 is 0 Å². The Balaban J connectivity index is 2.76. The van der Waals surface area contributed by atoms with E-state index in [1.54, 1.807) is 0 Å². The number of hydrogen-bond acceptors (Lipinski definition) is 1. The maximum atomic E-state index is 6.00. The Morgan fingerprint density at radius 3 is 2.85 bits per heavy atom. The zero-order valence-corrected chi connectivity index (χ0v) is 9.91. The van der Waals surface area contributed by atoms with Crippen LogP contribution in [-0.4, -0.2) is 0 Å². The first-order valence-electron chi connectivity index (χ1n) is 4.25. The summed E-state index contributed by atoms with van der Waals surface area (Å²) in [6, 6.07) is 8.38. The molecule has 0 aliphatic heterocycles. The van der Waals surface area contributed by atoms with Crippen molar-refractivity contribution in [3.63, 3.8) is 0 Å². The van der Waals surface area contributed by atoms with E-state index in [2.05, 4.69) is 47.4 Å². The van der Waals surface area contributed by atoms with E-state index in [1.165, 1.54) is 9.13 Å². The van der Waals surface area contributed by atoms with Crippen LogP contribution in [0.15, 0.2) is 36.4 Å². The van der Waals surface area contributed by atoms with Crippen LogP contribution in [-0.2, 0) is 0 Å². The molecule has 1 rings (SSSR count). The molecule has 1 aromatic carbocycles. The minimum absolute atomic E-state index is 0.0900. The maximum absolute atomic E-state index is 6.00. The molecule has 1 aromatic rings. The Bertz CT molecular complexity index is 307. The van der Waals surface area contributed by atoms with Crippen molar-refractivity contribution in [3.05, 3.63) is 45.6 Å². The topological polar surface area (TPSA) is 26.0 Å². The third kappa shape index (κ3) is 3.48. The smallest absolute Gasteiger partial charge is 0.0332 e. The first-order chi connectivity index (χ1) is 6.09. The average Bonchev–Trinajstić information content (AvgIpc) is 2.03. The van der Waals surface area contributed by atoms with E-state index in [1.807, 2.05) is 13.0 Å². The molecule has 0 aromatic heterocycles. The van der Waals surface area contributed by atoms with Gasteiger partial charge in [-0.25, -0.2) is 0 Å². The molecule has 0 saturated heterocycles. The molecule has 2 heteroatoms. The second-order valence-electron chi connectivity index (χ2n) is 3.32. The highest BCUT2D eigenvalue weighted by Gasteiger charge is 2.05. The lowest BCUT2D eigenvalue weighted by Gasteiger charge is -2.11. The van der Waals surface area contributed by atoms with Gasteiger partial charge in [-0.1, -0.05) is 17.7 Å². The summed E-state index contributed by atoms with van der Waals surface area (Å²) in [7, 11) is 0. The van der Waals surface area contributed by atoms with E-state index in [9.17, 15) is 0 Å². The molecule has 1 nitrogen and oxygen atoms in total. The van der Waals surface area contributed by atoms with Gasteiger partial charge in [-0.05, 0) is 53.6 Å². The third-order valence-corrected chi connectivity index (χ3v) is 2.52. The Labute approximate surface area is 93.2 Å². The van der Waals surface area contributed by atoms with E-state index in [-0.39, 0.29) is 6.04 Å². The van der Waals surface area contributed by atoms with E-state index in [0.29, 0.717) is 0 Å². The molecule has 0 aliphatic carbocycles. The SMILES string of the molecule is C=C(C)C[C@H](N)c1cccc(I)c1. The van der Waals surface area contributed by atoms with Crippen LogP contribution in [0.2, 0.25) is 0 Å². The molecule has 2 N–H and O–H groups in total. The van der Waals surface area contributed by atoms with Crippen LogP contribution in [0.25, 0.3) is 0 Å². The summed E-state index contributed by atoms with van der Waals surface area (Å²) in [5, 5.41) is 0. The van der Waals surface area contributed by atoms with Gasteiger partial charge in [0, 0.05) is 9.61 Å². The molecular weight excluding hydrogens is 273 g/mol. The maximum Gasteiger partial charge on any atom is 0.0332 e. The highest BCUT2D eigenvalue weighted by Crippen LogP contribution is 2.19. The van der Waals surface area contributed by atoms with Gasteiger partial charge in [0.15, 0.2) is 0 Å². The van der Waals surface area contributed by atoms with Crippen LogP contribution >= 0.6 is 22.6 Å². The molecule has 0 saturated carbocycles. The number of benzene rings is 1. The molecule has 0 fully saturated rings. The lowest BCUT2D eigenvalue weighted by atomic mass is 10.0. The first-order valence-corrected chi connectivity index (χ1v) is 5.33. The fraction of sp³-hybridized carbons (Fsp3) is 0.273. The Morgan fingerprint density at radius 1 is 1.62 bits per heavy atom. The summed E-state index contributed by atoms with van der Waals surface area (Å²) in [5.74, 6) is 0. The summed E-state index contributed by atoms with van der Waals surface area (Å²) >= 11 is 2.29. The van der Waals surface area contributed by atoms with Gasteiger partial charge in [0.25, 0.3) is 0 Å². The molecule has 1 atom stereocenters. The van der Waals surface area contributed by atoms with Crippen LogP contribution in [0.1, 0.15) is 24.9 Å². The predicted octanol–water partition coefficient (Wildman–Crippen LogP) is 3.26. The Morgan fingerprint density at radius 2 is 2.31 bits per heavy atom. The van der Waals surface area contributed by atoms with Crippen LogP contribution in [0, 0.1) is 3.57 Å². The summed E-state index contributed by atoms with van der Waals surface area (Å²) in [6.07, 6.45) is 0.861. The number of rotatable bonds is 3. The minimum atomic E-state index is 0.0900. The lowest BCUT2D eigenvalue weighted by molar-refractivity contribution is 0.716. The van der Waals surface area contributed by atoms with Crippen LogP contribution in [0.4, 0.5) is 0 Å². The summed E-state index contributed by atoms with van der Waals surface area (Å²) in [5.41, 5.74) is 8.32. The number of halogens is 1. The van der Waals surface area contributed by atoms with Crippen molar-refractivity contribution in [1.82, 2.24) is 0 Å². The van der Waals surface area contributed by atoms with Gasteiger partial charge in [-0.15, -0.1) is 6.58 Å². The molecule has 70 valence electrons. The average molecular weight is 287 g/mol. The molecule has 0 bridgehead atoms. The van der Waals surface area contributed by atoms with Crippen molar-refractivity contribution >= 4 is 22.6 Å². The second kappa shape index (κ2) is 4.77. The van der Waals surface area contributed by atoms with Crippen molar-refractivity contribution in [2.24, 2.45) is 5.73 Å². The Kier molecular flexibility index (Phi) is 3.93. The van der Waals surface area contributed by atoms with Crippen molar-refractivity contribution in [1.29, 1.82) is 0 Å². The molecular formula is C11H14IN. The highest BCUT2D eigenvalue weighted by molar-refractivity contribution is 14.1. The standard InChI is InChI=1S/C11H14IN/c1-8(2)6-11(13)9-4-3-5-10(12)7-9/h3-5,7,11H,1,6,13H2,2H3/t11-/m0/s1. The number of hydrogen-bond donors (Lipinski definition) is 1. The summed E-state index contributed by atoms with van der Waals surface area (Å²) in [4.78, 5) is 0. The molecule has 0 radical (unpaired) electrons. The van der Waals surface area contributed by atoms with Gasteiger partial charge in [0.1, 0.15) is 0 Å². The summed E-state index contributed by atoms with van der Waals surface area (Å²) < 4.78 is 1.23. The van der Waals surface area contributed by atoms with Crippen molar-refractivity contribution in [3.8, 4) is 0 Å². The van der Waals surface area contributed by atoms with Gasteiger partial charge in [-0.3, -0.25) is 0 Å². The molecule has 13 heavy (non-hydrogen) atoms. The van der Waals surface area contributed by atoms with E-state index < -0.39 is 0 Å². The van der Waals surface area contributed by atoms with Gasteiger partial charge in [0.05, 0.1) is 0 Å². The van der Waals surface area contributed by atoms with E-state index in [0.717, 1.165) is 12.0 Å². The molecule has 0 unspecified atom stereocenters. The van der Waals surface area contributed by atoms with Gasteiger partial charge in [-0.2, -0.15) is 0 Å². The number of nitrogens with two attached hydrogens (primary N) is 1. The third-order valence-electron chi connectivity index (χ3n) is 1.85. The second-order valence-corrected chi connectivity index (χ2v) is 4.57. The van der Waals surface area contributed by atoms with Gasteiger partial charge >= 0.3 is 0 Å². The van der Waals surface area contributed by atoms with Crippen molar-refractivity contribution in [2.45, 2.75) is 19.4 Å². The molecule has 0 amide bonds. The fourth-order valence-electron chi connectivity index (χ4n) is 1.23. The fourth-order valence-corrected chi connectivity index (χ4v) is 1.80. The highest BCUT2D eigenvalue weighted by atomic mass is 127. The predicted molar refractivity (Wildman–Crippen MR) is 65.5 cm³/mol. The lowest BCUT2D eigenvalue weighted by Crippen LogP contribution is -2.10. The quantitative estimate of drug-likeness (QED) is 0.670. The molecule has 0 heterocycles. The van der Waals surface area contributed by atoms with Crippen LogP contribution in [0.5, 0.6) is 0 Å². The van der Waals surface area contributed by atoms with Crippen molar-refractivity contribution in [2.75, 3.05) is 0 Å². The zero-order valence-electron chi connectivity index (χ0n) is 7.76. The monoisotopic (exact) mass is 287 g/mol. The normalized spacial score (nSPS) is 12.5. The van der Waals surface area contributed by atoms with Crippen LogP contribution in [0.3, 0.4) is 0 Å².